The highest BCUT2D eigenvalue weighted by Crippen LogP contribution is 2.33. The third kappa shape index (κ3) is 2.57. The van der Waals surface area contributed by atoms with Crippen LogP contribution in [0.5, 0.6) is 0 Å². The standard InChI is InChI=1S/C14H21N3O2S/c1-13(2,3)10-11(19)17(8-9(18)16-10)14(4,5)12-15-6-7-20-12/h6-7,10H,8H2,1-5H3,(H,16,18). The molecule has 2 amide bonds. The van der Waals surface area contributed by atoms with Gasteiger partial charge < -0.3 is 10.2 Å². The van der Waals surface area contributed by atoms with Crippen molar-refractivity contribution in [2.75, 3.05) is 6.54 Å². The number of amides is 2. The number of aromatic nitrogens is 1. The van der Waals surface area contributed by atoms with E-state index >= 15 is 0 Å². The molecule has 1 N–H and O–H groups in total. The topological polar surface area (TPSA) is 62.3 Å². The second-order valence-electron chi connectivity index (χ2n) is 6.69. The summed E-state index contributed by atoms with van der Waals surface area (Å²) in [4.78, 5) is 30.7. The second kappa shape index (κ2) is 4.84. The van der Waals surface area contributed by atoms with Crippen molar-refractivity contribution in [3.8, 4) is 0 Å². The number of piperazine rings is 1. The molecule has 0 radical (unpaired) electrons. The van der Waals surface area contributed by atoms with E-state index in [2.05, 4.69) is 10.3 Å². The van der Waals surface area contributed by atoms with Gasteiger partial charge in [-0.05, 0) is 19.3 Å². The molecule has 0 bridgehead atoms. The Bertz CT molecular complexity index is 517. The first-order chi connectivity index (χ1) is 9.14. The molecule has 1 atom stereocenters. The van der Waals surface area contributed by atoms with Gasteiger partial charge in [0.25, 0.3) is 0 Å². The molecule has 20 heavy (non-hydrogen) atoms. The highest BCUT2D eigenvalue weighted by molar-refractivity contribution is 7.09. The van der Waals surface area contributed by atoms with Crippen molar-refractivity contribution in [1.29, 1.82) is 0 Å². The predicted molar refractivity (Wildman–Crippen MR) is 78.2 cm³/mol. The summed E-state index contributed by atoms with van der Waals surface area (Å²) in [6.45, 7) is 9.81. The highest BCUT2D eigenvalue weighted by atomic mass is 32.1. The lowest BCUT2D eigenvalue weighted by Crippen LogP contribution is -2.65. The lowest BCUT2D eigenvalue weighted by Gasteiger charge is -2.45. The van der Waals surface area contributed by atoms with Gasteiger partial charge in [-0.2, -0.15) is 0 Å². The summed E-state index contributed by atoms with van der Waals surface area (Å²) in [5, 5.41) is 5.53. The fourth-order valence-electron chi connectivity index (χ4n) is 2.35. The maximum Gasteiger partial charge on any atom is 0.246 e. The first-order valence-corrected chi connectivity index (χ1v) is 7.53. The van der Waals surface area contributed by atoms with Gasteiger partial charge in [-0.1, -0.05) is 20.8 Å². The molecule has 1 aliphatic heterocycles. The molecule has 0 saturated carbocycles. The number of nitrogens with zero attached hydrogens (tertiary/aromatic N) is 2. The SMILES string of the molecule is CC(C)(C)C1NC(=O)CN(C(C)(C)c2nccs2)C1=O. The van der Waals surface area contributed by atoms with E-state index in [1.807, 2.05) is 40.0 Å². The Morgan fingerprint density at radius 2 is 1.95 bits per heavy atom. The van der Waals surface area contributed by atoms with Crippen molar-refractivity contribution in [3.05, 3.63) is 16.6 Å². The van der Waals surface area contributed by atoms with Crippen LogP contribution in [0, 0.1) is 5.41 Å². The molecule has 2 rings (SSSR count). The molecule has 1 fully saturated rings. The Morgan fingerprint density at radius 3 is 2.45 bits per heavy atom. The van der Waals surface area contributed by atoms with Gasteiger partial charge in [0, 0.05) is 11.6 Å². The fraction of sp³-hybridized carbons (Fsp3) is 0.643. The van der Waals surface area contributed by atoms with Gasteiger partial charge in [-0.3, -0.25) is 9.59 Å². The zero-order valence-electron chi connectivity index (χ0n) is 12.6. The molecule has 5 nitrogen and oxygen atoms in total. The third-order valence-corrected chi connectivity index (χ3v) is 4.70. The van der Waals surface area contributed by atoms with Crippen LogP contribution in [0.4, 0.5) is 0 Å². The normalized spacial score (nSPS) is 21.1. The monoisotopic (exact) mass is 295 g/mol. The van der Waals surface area contributed by atoms with Crippen LogP contribution in [0.1, 0.15) is 39.6 Å². The Kier molecular flexibility index (Phi) is 3.62. The van der Waals surface area contributed by atoms with Crippen LogP contribution >= 0.6 is 11.3 Å². The number of hydrogen-bond acceptors (Lipinski definition) is 4. The number of thiazole rings is 1. The molecule has 1 aromatic heterocycles. The van der Waals surface area contributed by atoms with Crippen molar-refractivity contribution >= 4 is 23.2 Å². The fourth-order valence-corrected chi connectivity index (χ4v) is 3.12. The zero-order chi connectivity index (χ0) is 15.1. The largest absolute Gasteiger partial charge is 0.342 e. The van der Waals surface area contributed by atoms with E-state index in [4.69, 9.17) is 0 Å². The van der Waals surface area contributed by atoms with Crippen LogP contribution < -0.4 is 5.32 Å². The Hall–Kier alpha value is -1.43. The van der Waals surface area contributed by atoms with Crippen LogP contribution in [0.25, 0.3) is 0 Å². The first kappa shape index (κ1) is 15.0. The first-order valence-electron chi connectivity index (χ1n) is 6.65. The van der Waals surface area contributed by atoms with E-state index in [1.54, 1.807) is 11.1 Å². The number of hydrogen-bond donors (Lipinski definition) is 1. The average molecular weight is 295 g/mol. The summed E-state index contributed by atoms with van der Waals surface area (Å²) in [5.74, 6) is -0.161. The Balaban J connectivity index is 2.36. The molecular formula is C14H21N3O2S. The molecule has 1 aromatic rings. The van der Waals surface area contributed by atoms with Crippen LogP contribution in [-0.2, 0) is 15.1 Å². The van der Waals surface area contributed by atoms with E-state index < -0.39 is 11.6 Å². The van der Waals surface area contributed by atoms with E-state index in [1.165, 1.54) is 11.3 Å². The maximum absolute atomic E-state index is 12.7. The molecule has 110 valence electrons. The van der Waals surface area contributed by atoms with Crippen molar-refractivity contribution in [1.82, 2.24) is 15.2 Å². The van der Waals surface area contributed by atoms with Gasteiger partial charge in [0.05, 0.1) is 5.54 Å². The summed E-state index contributed by atoms with van der Waals surface area (Å²) < 4.78 is 0. The molecule has 1 aliphatic rings. The number of nitrogens with one attached hydrogen (secondary N) is 1. The van der Waals surface area contributed by atoms with E-state index in [-0.39, 0.29) is 23.8 Å². The van der Waals surface area contributed by atoms with E-state index in [0.29, 0.717) is 0 Å². The minimum atomic E-state index is -0.577. The van der Waals surface area contributed by atoms with Crippen LogP contribution in [0.15, 0.2) is 11.6 Å². The molecule has 0 aliphatic carbocycles. The summed E-state index contributed by atoms with van der Waals surface area (Å²) in [7, 11) is 0. The lowest BCUT2D eigenvalue weighted by atomic mass is 9.83. The Labute approximate surface area is 123 Å². The quantitative estimate of drug-likeness (QED) is 0.904. The molecule has 1 saturated heterocycles. The van der Waals surface area contributed by atoms with Crippen molar-refractivity contribution in [2.45, 2.75) is 46.2 Å². The second-order valence-corrected chi connectivity index (χ2v) is 7.58. The smallest absolute Gasteiger partial charge is 0.246 e. The number of carbonyl (C=O) groups is 2. The number of rotatable bonds is 2. The summed E-state index contributed by atoms with van der Waals surface area (Å²) in [6, 6.07) is -0.497. The summed E-state index contributed by atoms with van der Waals surface area (Å²) in [6.07, 6.45) is 1.72. The molecule has 0 aromatic carbocycles. The third-order valence-electron chi connectivity index (χ3n) is 3.62. The average Bonchev–Trinajstić information content (AvgIpc) is 2.84. The van der Waals surface area contributed by atoms with Gasteiger partial charge in [-0.15, -0.1) is 11.3 Å². The summed E-state index contributed by atoms with van der Waals surface area (Å²) in [5.41, 5.74) is -0.892. The van der Waals surface area contributed by atoms with Gasteiger partial charge in [0.2, 0.25) is 11.8 Å². The van der Waals surface area contributed by atoms with E-state index in [9.17, 15) is 9.59 Å². The minimum absolute atomic E-state index is 0.0442. The highest BCUT2D eigenvalue weighted by Gasteiger charge is 2.46. The zero-order valence-corrected chi connectivity index (χ0v) is 13.4. The lowest BCUT2D eigenvalue weighted by molar-refractivity contribution is -0.153. The molecular weight excluding hydrogens is 274 g/mol. The maximum atomic E-state index is 12.7. The Morgan fingerprint density at radius 1 is 1.30 bits per heavy atom. The van der Waals surface area contributed by atoms with Gasteiger partial charge in [-0.25, -0.2) is 4.98 Å². The summed E-state index contributed by atoms with van der Waals surface area (Å²) >= 11 is 1.50. The van der Waals surface area contributed by atoms with Crippen LogP contribution in [0.2, 0.25) is 0 Å². The van der Waals surface area contributed by atoms with Crippen LogP contribution in [0.3, 0.4) is 0 Å². The van der Waals surface area contributed by atoms with Gasteiger partial charge >= 0.3 is 0 Å². The number of carbonyl (C=O) groups excluding carboxylic acids is 2. The van der Waals surface area contributed by atoms with Gasteiger partial charge in [0.1, 0.15) is 17.6 Å². The van der Waals surface area contributed by atoms with Crippen molar-refractivity contribution in [2.24, 2.45) is 5.41 Å². The van der Waals surface area contributed by atoms with Crippen molar-refractivity contribution < 1.29 is 9.59 Å². The minimum Gasteiger partial charge on any atom is -0.342 e. The molecule has 2 heterocycles. The van der Waals surface area contributed by atoms with Gasteiger partial charge in [0.15, 0.2) is 0 Å². The molecule has 1 unspecified atom stereocenters. The van der Waals surface area contributed by atoms with E-state index in [0.717, 1.165) is 5.01 Å². The van der Waals surface area contributed by atoms with Crippen LogP contribution in [-0.4, -0.2) is 34.3 Å². The van der Waals surface area contributed by atoms with Crippen molar-refractivity contribution in [3.63, 3.8) is 0 Å². The predicted octanol–water partition coefficient (Wildman–Crippen LogP) is 1.75. The molecule has 0 spiro atoms. The molecule has 6 heteroatoms.